The van der Waals surface area contributed by atoms with E-state index in [9.17, 15) is 41.4 Å². The Morgan fingerprint density at radius 3 is 2.30 bits per heavy atom. The SMILES string of the molecule is CS(=O)(=O)N[C@H]1C=C(C(=O)O)O[C@@H]([C@H](O)[C@H](O)CO)[C@@H]1NC(=O)C(F)(F)F. The summed E-state index contributed by atoms with van der Waals surface area (Å²) in [6, 6.07) is -3.76. The predicted molar refractivity (Wildman–Crippen MR) is 79.4 cm³/mol. The number of carboxylic acid groups (broad SMARTS) is 1. The Morgan fingerprint density at radius 2 is 1.89 bits per heavy atom. The summed E-state index contributed by atoms with van der Waals surface area (Å²) in [6.07, 6.45) is -10.4. The Bertz CT molecular complexity index is 709. The topological polar surface area (TPSA) is 182 Å². The van der Waals surface area contributed by atoms with E-state index in [0.717, 1.165) is 0 Å². The summed E-state index contributed by atoms with van der Waals surface area (Å²) in [5.74, 6) is -5.24. The molecule has 0 fully saturated rings. The molecule has 1 amide bonds. The third-order valence-electron chi connectivity index (χ3n) is 3.37. The Labute approximate surface area is 150 Å². The fourth-order valence-electron chi connectivity index (χ4n) is 2.22. The highest BCUT2D eigenvalue weighted by Crippen LogP contribution is 2.25. The van der Waals surface area contributed by atoms with Gasteiger partial charge in [0.05, 0.1) is 24.9 Å². The van der Waals surface area contributed by atoms with Gasteiger partial charge in [0, 0.05) is 0 Å². The van der Waals surface area contributed by atoms with Crippen LogP contribution >= 0.6 is 0 Å². The van der Waals surface area contributed by atoms with Gasteiger partial charge in [0.15, 0.2) is 0 Å². The number of halogens is 3. The van der Waals surface area contributed by atoms with E-state index in [0.29, 0.717) is 12.3 Å². The lowest BCUT2D eigenvalue weighted by atomic mass is 9.92. The van der Waals surface area contributed by atoms with Crippen molar-refractivity contribution in [2.45, 2.75) is 36.6 Å². The van der Waals surface area contributed by atoms with Crippen LogP contribution in [0.5, 0.6) is 0 Å². The Balaban J connectivity index is 3.40. The largest absolute Gasteiger partial charge is 0.478 e. The number of hydrogen-bond donors (Lipinski definition) is 6. The Morgan fingerprint density at radius 1 is 1.33 bits per heavy atom. The molecule has 0 bridgehead atoms. The van der Waals surface area contributed by atoms with Gasteiger partial charge in [-0.2, -0.15) is 13.2 Å². The van der Waals surface area contributed by atoms with Gasteiger partial charge in [-0.15, -0.1) is 0 Å². The van der Waals surface area contributed by atoms with Crippen molar-refractivity contribution in [1.29, 1.82) is 0 Å². The Hall–Kier alpha value is -1.94. The number of hydrogen-bond acceptors (Lipinski definition) is 8. The van der Waals surface area contributed by atoms with E-state index in [1.165, 1.54) is 5.32 Å². The second kappa shape index (κ2) is 8.39. The summed E-state index contributed by atoms with van der Waals surface area (Å²) in [5.41, 5.74) is 0. The van der Waals surface area contributed by atoms with Crippen molar-refractivity contribution in [3.63, 3.8) is 0 Å². The van der Waals surface area contributed by atoms with E-state index < -0.39 is 70.8 Å². The molecule has 11 nitrogen and oxygen atoms in total. The third-order valence-corrected chi connectivity index (χ3v) is 4.07. The summed E-state index contributed by atoms with van der Waals surface area (Å²) in [7, 11) is -4.12. The molecular weight excluding hydrogens is 405 g/mol. The molecule has 6 N–H and O–H groups in total. The number of ether oxygens (including phenoxy) is 1. The molecule has 5 atom stereocenters. The number of rotatable bonds is 7. The standard InChI is InChI=1S/C12H17F3N2O9S/c1-27(24,25)17-4-2-6(10(21)22)26-9(8(20)5(19)3-18)7(4)16-11(23)12(13,14)15/h2,4-5,7-9,17-20H,3H2,1H3,(H,16,23)(H,21,22)/t4-,5+,7+,8+,9+/m0/s1. The number of aliphatic hydroxyl groups excluding tert-OH is 3. The predicted octanol–water partition coefficient (Wildman–Crippen LogP) is -2.97. The highest BCUT2D eigenvalue weighted by molar-refractivity contribution is 7.88. The minimum absolute atomic E-state index is 0.583. The first kappa shape index (κ1) is 23.1. The molecule has 0 aromatic carbocycles. The number of carbonyl (C=O) groups excluding carboxylic acids is 1. The summed E-state index contributed by atoms with van der Waals surface area (Å²) in [6.45, 7) is -1.09. The molecule has 156 valence electrons. The summed E-state index contributed by atoms with van der Waals surface area (Å²) >= 11 is 0. The van der Waals surface area contributed by atoms with Gasteiger partial charge in [0.25, 0.3) is 0 Å². The average Bonchev–Trinajstić information content (AvgIpc) is 2.52. The third kappa shape index (κ3) is 6.31. The number of aliphatic hydroxyl groups is 3. The highest BCUT2D eigenvalue weighted by atomic mass is 32.2. The van der Waals surface area contributed by atoms with Crippen LogP contribution in [0.25, 0.3) is 0 Å². The Kier molecular flexibility index (Phi) is 7.17. The summed E-state index contributed by atoms with van der Waals surface area (Å²) in [4.78, 5) is 22.4. The lowest BCUT2D eigenvalue weighted by molar-refractivity contribution is -0.177. The highest BCUT2D eigenvalue weighted by Gasteiger charge is 2.48. The zero-order valence-corrected chi connectivity index (χ0v) is 14.4. The maximum atomic E-state index is 12.6. The monoisotopic (exact) mass is 422 g/mol. The number of sulfonamides is 1. The van der Waals surface area contributed by atoms with Crippen molar-refractivity contribution in [2.75, 3.05) is 12.9 Å². The molecule has 1 heterocycles. The van der Waals surface area contributed by atoms with Crippen molar-refractivity contribution in [1.82, 2.24) is 10.0 Å². The van der Waals surface area contributed by atoms with Crippen LogP contribution in [-0.2, 0) is 24.3 Å². The van der Waals surface area contributed by atoms with Crippen molar-refractivity contribution < 1.29 is 56.3 Å². The molecule has 0 aliphatic carbocycles. The maximum absolute atomic E-state index is 12.6. The smallest absolute Gasteiger partial charge is 0.471 e. The fourth-order valence-corrected chi connectivity index (χ4v) is 2.93. The van der Waals surface area contributed by atoms with Crippen LogP contribution in [0.1, 0.15) is 0 Å². The lowest BCUT2D eigenvalue weighted by Crippen LogP contribution is -2.64. The average molecular weight is 422 g/mol. The van der Waals surface area contributed by atoms with Crippen LogP contribution in [0.3, 0.4) is 0 Å². The van der Waals surface area contributed by atoms with E-state index in [1.807, 2.05) is 0 Å². The molecule has 1 rings (SSSR count). The molecule has 0 aromatic heterocycles. The van der Waals surface area contributed by atoms with E-state index in [4.69, 9.17) is 14.9 Å². The zero-order valence-electron chi connectivity index (χ0n) is 13.5. The molecule has 0 spiro atoms. The van der Waals surface area contributed by atoms with Crippen LogP contribution in [0.4, 0.5) is 13.2 Å². The zero-order chi connectivity index (χ0) is 21.2. The quantitative estimate of drug-likeness (QED) is 0.249. The van der Waals surface area contributed by atoms with Crippen molar-refractivity contribution >= 4 is 21.9 Å². The number of nitrogens with one attached hydrogen (secondary N) is 2. The molecule has 0 radical (unpaired) electrons. The van der Waals surface area contributed by atoms with Gasteiger partial charge >= 0.3 is 18.1 Å². The van der Waals surface area contributed by atoms with Crippen molar-refractivity contribution in [3.8, 4) is 0 Å². The van der Waals surface area contributed by atoms with E-state index >= 15 is 0 Å². The fraction of sp³-hybridized carbons (Fsp3) is 0.667. The van der Waals surface area contributed by atoms with Gasteiger partial charge in [0.1, 0.15) is 18.3 Å². The van der Waals surface area contributed by atoms with Crippen LogP contribution in [-0.4, -0.2) is 90.2 Å². The number of aliphatic carboxylic acids is 1. The normalized spacial score (nSPS) is 25.7. The lowest BCUT2D eigenvalue weighted by Gasteiger charge is -2.40. The molecule has 0 unspecified atom stereocenters. The first-order valence-corrected chi connectivity index (χ1v) is 9.00. The van der Waals surface area contributed by atoms with Gasteiger partial charge in [-0.1, -0.05) is 0 Å². The molecule has 0 aromatic rings. The van der Waals surface area contributed by atoms with E-state index in [1.54, 1.807) is 4.72 Å². The van der Waals surface area contributed by atoms with Crippen LogP contribution in [0.15, 0.2) is 11.8 Å². The summed E-state index contributed by atoms with van der Waals surface area (Å²) < 4.78 is 67.3. The summed E-state index contributed by atoms with van der Waals surface area (Å²) in [5, 5.41) is 38.8. The second-order valence-electron chi connectivity index (χ2n) is 5.57. The molecule has 1 aliphatic rings. The number of amides is 1. The first-order valence-electron chi connectivity index (χ1n) is 7.11. The maximum Gasteiger partial charge on any atom is 0.471 e. The van der Waals surface area contributed by atoms with Crippen molar-refractivity contribution in [3.05, 3.63) is 11.8 Å². The van der Waals surface area contributed by atoms with Gasteiger partial charge in [-0.25, -0.2) is 17.9 Å². The van der Waals surface area contributed by atoms with Crippen LogP contribution in [0.2, 0.25) is 0 Å². The van der Waals surface area contributed by atoms with E-state index in [2.05, 4.69) is 0 Å². The van der Waals surface area contributed by atoms with Crippen molar-refractivity contribution in [2.24, 2.45) is 0 Å². The van der Waals surface area contributed by atoms with Gasteiger partial charge in [-0.3, -0.25) is 4.79 Å². The number of carbonyl (C=O) groups is 2. The second-order valence-corrected chi connectivity index (χ2v) is 7.35. The minimum atomic E-state index is -5.39. The minimum Gasteiger partial charge on any atom is -0.478 e. The molecule has 15 heteroatoms. The molecule has 1 aliphatic heterocycles. The van der Waals surface area contributed by atoms with Gasteiger partial charge in [-0.05, 0) is 6.08 Å². The molecule has 27 heavy (non-hydrogen) atoms. The number of alkyl halides is 3. The van der Waals surface area contributed by atoms with Gasteiger partial charge in [0.2, 0.25) is 15.8 Å². The molecular formula is C12H17F3N2O9S. The van der Waals surface area contributed by atoms with Gasteiger partial charge < -0.3 is 30.5 Å². The molecule has 0 saturated carbocycles. The molecule has 0 saturated heterocycles. The van der Waals surface area contributed by atoms with E-state index in [-0.39, 0.29) is 0 Å². The number of carboxylic acids is 1. The van der Waals surface area contributed by atoms with Crippen LogP contribution in [0, 0.1) is 0 Å². The first-order chi connectivity index (χ1) is 12.2. The van der Waals surface area contributed by atoms with Crippen LogP contribution < -0.4 is 10.0 Å².